The molecule has 5 nitrogen and oxygen atoms in total. The molecular weight excluding hydrogens is 403 g/mol. The van der Waals surface area contributed by atoms with Crippen molar-refractivity contribution >= 4 is 27.5 Å². The fraction of sp³-hybridized carbons (Fsp3) is 0.308. The zero-order valence-electron chi connectivity index (χ0n) is 18.5. The van der Waals surface area contributed by atoms with E-state index >= 15 is 0 Å². The molecule has 0 spiro atoms. The van der Waals surface area contributed by atoms with Crippen LogP contribution in [0.4, 0.5) is 10.1 Å². The molecule has 0 atom stereocenters. The molecule has 0 amide bonds. The highest BCUT2D eigenvalue weighted by Gasteiger charge is 2.20. The van der Waals surface area contributed by atoms with Crippen molar-refractivity contribution in [2.24, 2.45) is 0 Å². The molecule has 5 rings (SSSR count). The zero-order chi connectivity index (χ0) is 22.2. The first kappa shape index (κ1) is 20.6. The first-order valence-electron chi connectivity index (χ1n) is 11.1. The van der Waals surface area contributed by atoms with Crippen LogP contribution in [0.25, 0.3) is 21.8 Å². The van der Waals surface area contributed by atoms with Gasteiger partial charge in [-0.05, 0) is 61.7 Å². The maximum atomic E-state index is 14.3. The van der Waals surface area contributed by atoms with Crippen LogP contribution in [0.2, 0.25) is 0 Å². The van der Waals surface area contributed by atoms with Gasteiger partial charge in [0, 0.05) is 72.5 Å². The van der Waals surface area contributed by atoms with Crippen LogP contribution < -0.4 is 10.5 Å². The summed E-state index contributed by atoms with van der Waals surface area (Å²) in [4.78, 5) is 23.8. The highest BCUT2D eigenvalue weighted by Crippen LogP contribution is 2.29. The summed E-state index contributed by atoms with van der Waals surface area (Å²) in [5.74, 6) is -0.238. The Labute approximate surface area is 186 Å². The quantitative estimate of drug-likeness (QED) is 0.527. The van der Waals surface area contributed by atoms with Gasteiger partial charge in [0.05, 0.1) is 5.52 Å². The largest absolute Gasteiger partial charge is 0.368 e. The number of nitrogens with zero attached hydrogens (tertiary/aromatic N) is 3. The highest BCUT2D eigenvalue weighted by atomic mass is 19.1. The Balaban J connectivity index is 1.30. The predicted octanol–water partition coefficient (Wildman–Crippen LogP) is 4.20. The van der Waals surface area contributed by atoms with E-state index < -0.39 is 0 Å². The number of rotatable bonds is 4. The van der Waals surface area contributed by atoms with Crippen molar-refractivity contribution in [2.75, 3.05) is 37.6 Å². The Hall–Kier alpha value is -3.25. The van der Waals surface area contributed by atoms with Crippen molar-refractivity contribution in [2.45, 2.75) is 20.3 Å². The van der Waals surface area contributed by atoms with E-state index in [9.17, 15) is 9.18 Å². The van der Waals surface area contributed by atoms with Gasteiger partial charge in [0.1, 0.15) is 5.82 Å². The summed E-state index contributed by atoms with van der Waals surface area (Å²) in [5, 5.41) is 2.13. The number of H-pyrrole nitrogens is 1. The van der Waals surface area contributed by atoms with Crippen LogP contribution >= 0.6 is 0 Å². The van der Waals surface area contributed by atoms with E-state index in [1.54, 1.807) is 12.1 Å². The number of pyridine rings is 2. The molecule has 2 aromatic heterocycles. The molecule has 2 aromatic carbocycles. The second-order valence-electron chi connectivity index (χ2n) is 8.67. The third-order valence-electron chi connectivity index (χ3n) is 6.53. The molecule has 0 aliphatic carbocycles. The van der Waals surface area contributed by atoms with Crippen molar-refractivity contribution in [3.05, 3.63) is 81.5 Å². The van der Waals surface area contributed by atoms with Gasteiger partial charge in [0.2, 0.25) is 5.56 Å². The monoisotopic (exact) mass is 430 g/mol. The second kappa shape index (κ2) is 8.36. The van der Waals surface area contributed by atoms with Gasteiger partial charge in [-0.2, -0.15) is 0 Å². The fourth-order valence-electron chi connectivity index (χ4n) is 4.77. The van der Waals surface area contributed by atoms with Gasteiger partial charge in [-0.15, -0.1) is 0 Å². The normalized spacial score (nSPS) is 15.0. The van der Waals surface area contributed by atoms with Crippen molar-refractivity contribution < 1.29 is 4.39 Å². The maximum Gasteiger partial charge on any atom is 0.248 e. The van der Waals surface area contributed by atoms with E-state index in [2.05, 4.69) is 32.8 Å². The number of benzene rings is 2. The fourth-order valence-corrected chi connectivity index (χ4v) is 4.77. The average molecular weight is 431 g/mol. The van der Waals surface area contributed by atoms with Crippen LogP contribution in [-0.4, -0.2) is 47.6 Å². The number of nitrogens with one attached hydrogen (secondary N) is 1. The lowest BCUT2D eigenvalue weighted by atomic mass is 9.99. The number of hydrogen-bond donors (Lipinski definition) is 1. The minimum absolute atomic E-state index is 0.0707. The van der Waals surface area contributed by atoms with E-state index in [0.717, 1.165) is 66.8 Å². The van der Waals surface area contributed by atoms with Crippen LogP contribution in [0.3, 0.4) is 0 Å². The number of halogens is 1. The lowest BCUT2D eigenvalue weighted by Gasteiger charge is -2.36. The average Bonchev–Trinajstić information content (AvgIpc) is 2.78. The number of aryl methyl sites for hydroxylation is 2. The van der Waals surface area contributed by atoms with Crippen LogP contribution in [0.15, 0.2) is 53.3 Å². The number of hydrogen-bond acceptors (Lipinski definition) is 4. The van der Waals surface area contributed by atoms with Crippen molar-refractivity contribution in [3.8, 4) is 0 Å². The van der Waals surface area contributed by atoms with Gasteiger partial charge in [0.25, 0.3) is 0 Å². The molecule has 164 valence electrons. The van der Waals surface area contributed by atoms with E-state index in [-0.39, 0.29) is 11.4 Å². The maximum absolute atomic E-state index is 14.3. The standard InChI is InChI=1S/C26H27FN4O/c1-17-3-7-23-21(6-8-26(32)29-23)20(17)9-10-30-11-13-31(14-12-30)25-16-19(27)15-24-22(25)5-4-18(2)28-24/h3-8,15-16H,9-14H2,1-2H3,(H,29,32). The van der Waals surface area contributed by atoms with Gasteiger partial charge in [-0.25, -0.2) is 4.39 Å². The predicted molar refractivity (Wildman–Crippen MR) is 128 cm³/mol. The summed E-state index contributed by atoms with van der Waals surface area (Å²) in [5.41, 5.74) is 5.90. The molecule has 0 radical (unpaired) electrons. The van der Waals surface area contributed by atoms with E-state index in [4.69, 9.17) is 0 Å². The molecular formula is C26H27FN4O. The number of anilines is 1. The van der Waals surface area contributed by atoms with Crippen LogP contribution in [0.5, 0.6) is 0 Å². The summed E-state index contributed by atoms with van der Waals surface area (Å²) < 4.78 is 14.3. The van der Waals surface area contributed by atoms with Crippen LogP contribution in [0.1, 0.15) is 16.8 Å². The first-order valence-corrected chi connectivity index (χ1v) is 11.1. The molecule has 4 aromatic rings. The SMILES string of the molecule is Cc1ccc2c(N3CCN(CCc4c(C)ccc5[nH]c(=O)ccc45)CC3)cc(F)cc2n1. The number of aromatic amines is 1. The smallest absolute Gasteiger partial charge is 0.248 e. The lowest BCUT2D eigenvalue weighted by Crippen LogP contribution is -2.47. The summed E-state index contributed by atoms with van der Waals surface area (Å²) in [6.07, 6.45) is 0.932. The van der Waals surface area contributed by atoms with Gasteiger partial charge in [0.15, 0.2) is 0 Å². The Morgan fingerprint density at radius 2 is 1.75 bits per heavy atom. The molecule has 1 aliphatic rings. The van der Waals surface area contributed by atoms with Gasteiger partial charge < -0.3 is 9.88 Å². The topological polar surface area (TPSA) is 52.2 Å². The molecule has 6 heteroatoms. The molecule has 0 unspecified atom stereocenters. The molecule has 1 saturated heterocycles. The minimum atomic E-state index is -0.238. The summed E-state index contributed by atoms with van der Waals surface area (Å²) >= 11 is 0. The number of aromatic nitrogens is 2. The molecule has 3 heterocycles. The van der Waals surface area contributed by atoms with Gasteiger partial charge in [-0.3, -0.25) is 14.7 Å². The van der Waals surface area contributed by atoms with Crippen LogP contribution in [-0.2, 0) is 6.42 Å². The Morgan fingerprint density at radius 3 is 2.56 bits per heavy atom. The van der Waals surface area contributed by atoms with E-state index in [0.29, 0.717) is 5.52 Å². The van der Waals surface area contributed by atoms with Crippen molar-refractivity contribution in [1.82, 2.24) is 14.9 Å². The third kappa shape index (κ3) is 3.98. The van der Waals surface area contributed by atoms with E-state index in [1.165, 1.54) is 17.2 Å². The Bertz CT molecular complexity index is 1350. The minimum Gasteiger partial charge on any atom is -0.368 e. The first-order chi connectivity index (χ1) is 15.5. The van der Waals surface area contributed by atoms with E-state index in [1.807, 2.05) is 31.2 Å². The Morgan fingerprint density at radius 1 is 0.969 bits per heavy atom. The molecule has 1 N–H and O–H groups in total. The molecule has 1 aliphatic heterocycles. The molecule has 0 bridgehead atoms. The lowest BCUT2D eigenvalue weighted by molar-refractivity contribution is 0.261. The molecule has 32 heavy (non-hydrogen) atoms. The zero-order valence-corrected chi connectivity index (χ0v) is 18.5. The third-order valence-corrected chi connectivity index (χ3v) is 6.53. The number of piperazine rings is 1. The summed E-state index contributed by atoms with van der Waals surface area (Å²) in [7, 11) is 0. The number of fused-ring (bicyclic) bond motifs is 2. The molecule has 1 fully saturated rings. The van der Waals surface area contributed by atoms with Gasteiger partial charge >= 0.3 is 0 Å². The molecule has 0 saturated carbocycles. The highest BCUT2D eigenvalue weighted by molar-refractivity contribution is 5.92. The van der Waals surface area contributed by atoms with Crippen molar-refractivity contribution in [3.63, 3.8) is 0 Å². The van der Waals surface area contributed by atoms with Gasteiger partial charge in [-0.1, -0.05) is 6.07 Å². The summed E-state index contributed by atoms with van der Waals surface area (Å²) in [6.45, 7) is 8.58. The van der Waals surface area contributed by atoms with Crippen molar-refractivity contribution in [1.29, 1.82) is 0 Å². The Kier molecular flexibility index (Phi) is 5.39. The second-order valence-corrected chi connectivity index (χ2v) is 8.67. The summed E-state index contributed by atoms with van der Waals surface area (Å²) in [6, 6.07) is 14.8. The van der Waals surface area contributed by atoms with Crippen LogP contribution in [0, 0.1) is 19.7 Å².